The molecule has 27 heavy (non-hydrogen) atoms. The Balaban J connectivity index is 2.03. The van der Waals surface area contributed by atoms with Crippen LogP contribution >= 0.6 is 0 Å². The maximum Gasteiger partial charge on any atom is 0.416 e. The summed E-state index contributed by atoms with van der Waals surface area (Å²) in [6, 6.07) is 10.1. The van der Waals surface area contributed by atoms with Crippen molar-refractivity contribution in [2.75, 3.05) is 0 Å². The summed E-state index contributed by atoms with van der Waals surface area (Å²) in [5.74, 6) is -0.633. The Labute approximate surface area is 149 Å². The van der Waals surface area contributed by atoms with E-state index in [0.717, 1.165) is 5.56 Å². The van der Waals surface area contributed by atoms with E-state index in [4.69, 9.17) is 4.52 Å². The van der Waals surface area contributed by atoms with Gasteiger partial charge in [0.1, 0.15) is 0 Å². The van der Waals surface area contributed by atoms with Gasteiger partial charge in [-0.25, -0.2) is 0 Å². The van der Waals surface area contributed by atoms with Crippen LogP contribution < -0.4 is 0 Å². The summed E-state index contributed by atoms with van der Waals surface area (Å²) < 4.78 is 82.9. The van der Waals surface area contributed by atoms with Crippen LogP contribution in [0.3, 0.4) is 0 Å². The second kappa shape index (κ2) is 6.71. The van der Waals surface area contributed by atoms with Gasteiger partial charge >= 0.3 is 12.4 Å². The van der Waals surface area contributed by atoms with Gasteiger partial charge in [0.2, 0.25) is 11.7 Å². The topological polar surface area (TPSA) is 38.9 Å². The molecule has 0 aliphatic carbocycles. The summed E-state index contributed by atoms with van der Waals surface area (Å²) in [7, 11) is 0. The van der Waals surface area contributed by atoms with Gasteiger partial charge in [0, 0.05) is 5.56 Å². The third kappa shape index (κ3) is 4.12. The van der Waals surface area contributed by atoms with E-state index < -0.39 is 29.0 Å². The van der Waals surface area contributed by atoms with Gasteiger partial charge in [-0.1, -0.05) is 35.5 Å². The molecule has 0 aliphatic heterocycles. The minimum absolute atomic E-state index is 0.0527. The van der Waals surface area contributed by atoms with E-state index in [9.17, 15) is 26.3 Å². The molecule has 1 unspecified atom stereocenters. The molecule has 0 saturated heterocycles. The molecule has 1 heterocycles. The van der Waals surface area contributed by atoms with E-state index in [0.29, 0.717) is 12.1 Å². The van der Waals surface area contributed by atoms with E-state index in [1.165, 1.54) is 0 Å². The second-order valence-electron chi connectivity index (χ2n) is 5.88. The Morgan fingerprint density at radius 3 is 1.93 bits per heavy atom. The molecule has 0 radical (unpaired) electrons. The highest BCUT2D eigenvalue weighted by molar-refractivity contribution is 5.58. The monoisotopic (exact) mass is 386 g/mol. The molecule has 3 rings (SSSR count). The van der Waals surface area contributed by atoms with Crippen LogP contribution in [-0.4, -0.2) is 10.1 Å². The molecule has 0 fully saturated rings. The first kappa shape index (κ1) is 18.9. The average molecular weight is 386 g/mol. The van der Waals surface area contributed by atoms with E-state index in [1.54, 1.807) is 37.3 Å². The van der Waals surface area contributed by atoms with Crippen LogP contribution in [0.4, 0.5) is 26.3 Å². The third-order valence-electron chi connectivity index (χ3n) is 3.96. The highest BCUT2D eigenvalue weighted by Gasteiger charge is 2.37. The Hall–Kier alpha value is -2.84. The van der Waals surface area contributed by atoms with Crippen molar-refractivity contribution >= 4 is 0 Å². The molecular formula is C18H12F6N2O. The molecule has 1 aromatic heterocycles. The van der Waals surface area contributed by atoms with Crippen LogP contribution in [0.15, 0.2) is 53.1 Å². The van der Waals surface area contributed by atoms with Crippen LogP contribution in [0.1, 0.15) is 35.4 Å². The van der Waals surface area contributed by atoms with Gasteiger partial charge in [-0.3, -0.25) is 0 Å². The number of halogens is 6. The van der Waals surface area contributed by atoms with Crippen molar-refractivity contribution in [1.29, 1.82) is 0 Å². The van der Waals surface area contributed by atoms with Gasteiger partial charge in [0.25, 0.3) is 0 Å². The Kier molecular flexibility index (Phi) is 4.71. The van der Waals surface area contributed by atoms with Crippen LogP contribution in [0.5, 0.6) is 0 Å². The van der Waals surface area contributed by atoms with Crippen molar-refractivity contribution in [1.82, 2.24) is 10.1 Å². The number of aromatic nitrogens is 2. The molecule has 2 aromatic carbocycles. The first-order chi connectivity index (χ1) is 12.6. The number of benzene rings is 2. The Morgan fingerprint density at radius 2 is 1.41 bits per heavy atom. The van der Waals surface area contributed by atoms with Crippen molar-refractivity contribution < 1.29 is 30.9 Å². The summed E-state index contributed by atoms with van der Waals surface area (Å²) in [6.45, 7) is 1.74. The normalized spacial score (nSPS) is 13.6. The Morgan fingerprint density at radius 1 is 0.852 bits per heavy atom. The van der Waals surface area contributed by atoms with E-state index >= 15 is 0 Å². The van der Waals surface area contributed by atoms with Crippen LogP contribution in [0, 0.1) is 0 Å². The number of hydrogen-bond donors (Lipinski definition) is 0. The number of hydrogen-bond acceptors (Lipinski definition) is 3. The largest absolute Gasteiger partial charge is 0.416 e. The SMILES string of the molecule is CC(c1ccccc1)c1nc(-c2cc(C(F)(F)F)cc(C(F)(F)F)c2)no1. The van der Waals surface area contributed by atoms with E-state index in [-0.39, 0.29) is 23.7 Å². The summed E-state index contributed by atoms with van der Waals surface area (Å²) in [4.78, 5) is 3.99. The summed E-state index contributed by atoms with van der Waals surface area (Å²) >= 11 is 0. The summed E-state index contributed by atoms with van der Waals surface area (Å²) in [6.07, 6.45) is -9.89. The fourth-order valence-electron chi connectivity index (χ4n) is 2.50. The van der Waals surface area contributed by atoms with Crippen molar-refractivity contribution in [3.63, 3.8) is 0 Å². The number of rotatable bonds is 3. The van der Waals surface area contributed by atoms with Gasteiger partial charge in [-0.2, -0.15) is 31.3 Å². The van der Waals surface area contributed by atoms with Crippen molar-refractivity contribution in [2.45, 2.75) is 25.2 Å². The van der Waals surface area contributed by atoms with Crippen molar-refractivity contribution in [3.05, 3.63) is 71.1 Å². The molecule has 9 heteroatoms. The fraction of sp³-hybridized carbons (Fsp3) is 0.222. The Bertz CT molecular complexity index is 899. The van der Waals surface area contributed by atoms with Crippen LogP contribution in [0.25, 0.3) is 11.4 Å². The van der Waals surface area contributed by atoms with Crippen molar-refractivity contribution in [2.24, 2.45) is 0 Å². The maximum absolute atomic E-state index is 13.0. The first-order valence-corrected chi connectivity index (χ1v) is 7.74. The number of nitrogens with zero attached hydrogens (tertiary/aromatic N) is 2. The van der Waals surface area contributed by atoms with Gasteiger partial charge in [-0.15, -0.1) is 0 Å². The second-order valence-corrected chi connectivity index (χ2v) is 5.88. The lowest BCUT2D eigenvalue weighted by molar-refractivity contribution is -0.143. The van der Waals surface area contributed by atoms with E-state index in [1.807, 2.05) is 0 Å². The van der Waals surface area contributed by atoms with Crippen LogP contribution in [-0.2, 0) is 12.4 Å². The van der Waals surface area contributed by atoms with Gasteiger partial charge in [0.05, 0.1) is 17.0 Å². The lowest BCUT2D eigenvalue weighted by Crippen LogP contribution is -2.11. The van der Waals surface area contributed by atoms with Gasteiger partial charge in [0.15, 0.2) is 0 Å². The molecule has 0 aliphatic rings. The molecular weight excluding hydrogens is 374 g/mol. The summed E-state index contributed by atoms with van der Waals surface area (Å²) in [5, 5.41) is 3.56. The predicted octanol–water partition coefficient (Wildman–Crippen LogP) is 5.93. The van der Waals surface area contributed by atoms with Gasteiger partial charge < -0.3 is 4.52 Å². The highest BCUT2D eigenvalue weighted by Crippen LogP contribution is 2.38. The lowest BCUT2D eigenvalue weighted by Gasteiger charge is -2.12. The molecule has 0 N–H and O–H groups in total. The van der Waals surface area contributed by atoms with E-state index in [2.05, 4.69) is 10.1 Å². The lowest BCUT2D eigenvalue weighted by atomic mass is 10.0. The minimum atomic E-state index is -4.94. The third-order valence-corrected chi connectivity index (χ3v) is 3.96. The zero-order valence-corrected chi connectivity index (χ0v) is 13.8. The smallest absolute Gasteiger partial charge is 0.338 e. The molecule has 1 atom stereocenters. The molecule has 3 nitrogen and oxygen atoms in total. The molecule has 142 valence electrons. The fourth-order valence-corrected chi connectivity index (χ4v) is 2.50. The number of alkyl halides is 6. The average Bonchev–Trinajstić information content (AvgIpc) is 3.10. The van der Waals surface area contributed by atoms with Gasteiger partial charge in [-0.05, 0) is 30.7 Å². The van der Waals surface area contributed by atoms with Crippen molar-refractivity contribution in [3.8, 4) is 11.4 Å². The predicted molar refractivity (Wildman–Crippen MR) is 83.7 cm³/mol. The first-order valence-electron chi connectivity index (χ1n) is 7.74. The molecule has 0 saturated carbocycles. The quantitative estimate of drug-likeness (QED) is 0.524. The molecule has 0 spiro atoms. The van der Waals surface area contributed by atoms with Crippen LogP contribution in [0.2, 0.25) is 0 Å². The minimum Gasteiger partial charge on any atom is -0.338 e. The molecule has 0 amide bonds. The highest BCUT2D eigenvalue weighted by atomic mass is 19.4. The summed E-state index contributed by atoms with van der Waals surface area (Å²) in [5.41, 5.74) is -2.48. The maximum atomic E-state index is 13.0. The molecule has 3 aromatic rings. The zero-order valence-electron chi connectivity index (χ0n) is 13.8. The molecule has 0 bridgehead atoms. The zero-order chi connectivity index (χ0) is 19.8. The standard InChI is InChI=1S/C18H12F6N2O/c1-10(11-5-3-2-4-6-11)16-25-15(26-27-16)12-7-13(17(19,20)21)9-14(8-12)18(22,23)24/h2-10H,1H3.